The molecule has 2 rings (SSSR count). The molecule has 0 amide bonds. The summed E-state index contributed by atoms with van der Waals surface area (Å²) in [4.78, 5) is 0. The van der Waals surface area contributed by atoms with Gasteiger partial charge < -0.3 is 4.74 Å². The van der Waals surface area contributed by atoms with Crippen LogP contribution < -0.4 is 4.74 Å². The SMILES string of the molecule is COc1ccc(C(Cl)CC2CCCCCC2)c(C)c1. The minimum atomic E-state index is 0.147. The third-order valence-electron chi connectivity index (χ3n) is 4.33. The highest BCUT2D eigenvalue weighted by Gasteiger charge is 2.19. The predicted molar refractivity (Wildman–Crippen MR) is 82.1 cm³/mol. The molecule has 0 radical (unpaired) electrons. The van der Waals surface area contributed by atoms with Crippen LogP contribution in [0.15, 0.2) is 18.2 Å². The molecule has 0 aliphatic heterocycles. The number of halogens is 1. The number of aryl methyl sites for hydroxylation is 1. The van der Waals surface area contributed by atoms with Crippen molar-refractivity contribution in [2.45, 2.75) is 57.2 Å². The van der Waals surface area contributed by atoms with Crippen LogP contribution in [-0.2, 0) is 0 Å². The molecule has 0 aromatic heterocycles. The van der Waals surface area contributed by atoms with E-state index < -0.39 is 0 Å². The number of ether oxygens (including phenoxy) is 1. The van der Waals surface area contributed by atoms with Gasteiger partial charge in [-0.1, -0.05) is 44.6 Å². The Bertz CT molecular complexity index is 394. The number of methoxy groups -OCH3 is 1. The van der Waals surface area contributed by atoms with Crippen molar-refractivity contribution in [2.75, 3.05) is 7.11 Å². The lowest BCUT2D eigenvalue weighted by Crippen LogP contribution is -2.04. The van der Waals surface area contributed by atoms with Crippen LogP contribution in [0.25, 0.3) is 0 Å². The molecule has 1 aromatic carbocycles. The van der Waals surface area contributed by atoms with E-state index in [-0.39, 0.29) is 5.38 Å². The van der Waals surface area contributed by atoms with Gasteiger partial charge in [-0.3, -0.25) is 0 Å². The first-order valence-electron chi connectivity index (χ1n) is 7.49. The molecule has 1 fully saturated rings. The zero-order chi connectivity index (χ0) is 13.7. The van der Waals surface area contributed by atoms with E-state index in [1.165, 1.54) is 49.7 Å². The molecule has 1 aromatic rings. The predicted octanol–water partition coefficient (Wildman–Crippen LogP) is 5.64. The lowest BCUT2D eigenvalue weighted by atomic mass is 9.91. The summed E-state index contributed by atoms with van der Waals surface area (Å²) in [6.07, 6.45) is 9.42. The van der Waals surface area contributed by atoms with Crippen LogP contribution in [0.3, 0.4) is 0 Å². The van der Waals surface area contributed by atoms with Crippen molar-refractivity contribution in [1.82, 2.24) is 0 Å². The Morgan fingerprint density at radius 1 is 1.21 bits per heavy atom. The molecule has 0 bridgehead atoms. The number of hydrogen-bond donors (Lipinski definition) is 0. The second kappa shape index (κ2) is 7.19. The summed E-state index contributed by atoms with van der Waals surface area (Å²) >= 11 is 6.65. The first kappa shape index (κ1) is 14.7. The maximum atomic E-state index is 6.65. The Balaban J connectivity index is 2.00. The number of alkyl halides is 1. The van der Waals surface area contributed by atoms with Gasteiger partial charge in [0.15, 0.2) is 0 Å². The molecule has 1 saturated carbocycles. The largest absolute Gasteiger partial charge is 0.497 e. The molecule has 1 atom stereocenters. The van der Waals surface area contributed by atoms with Crippen LogP contribution in [-0.4, -0.2) is 7.11 Å². The molecule has 0 heterocycles. The topological polar surface area (TPSA) is 9.23 Å². The molecular formula is C17H25ClO. The molecule has 0 saturated heterocycles. The molecular weight excluding hydrogens is 256 g/mol. The molecule has 1 aliphatic rings. The van der Waals surface area contributed by atoms with Gasteiger partial charge in [-0.15, -0.1) is 11.6 Å². The van der Waals surface area contributed by atoms with Crippen molar-refractivity contribution in [3.05, 3.63) is 29.3 Å². The van der Waals surface area contributed by atoms with Gasteiger partial charge in [0.05, 0.1) is 12.5 Å². The maximum absolute atomic E-state index is 6.65. The van der Waals surface area contributed by atoms with Crippen molar-refractivity contribution in [3.63, 3.8) is 0 Å². The summed E-state index contributed by atoms with van der Waals surface area (Å²) < 4.78 is 5.25. The number of hydrogen-bond acceptors (Lipinski definition) is 1. The summed E-state index contributed by atoms with van der Waals surface area (Å²) in [5.74, 6) is 1.73. The standard InChI is InChI=1S/C17H25ClO/c1-13-11-15(19-2)9-10-16(13)17(18)12-14-7-5-3-4-6-8-14/h9-11,14,17H,3-8,12H2,1-2H3. The first-order valence-corrected chi connectivity index (χ1v) is 7.93. The van der Waals surface area contributed by atoms with Crippen LogP contribution in [0.2, 0.25) is 0 Å². The van der Waals surface area contributed by atoms with Gasteiger partial charge >= 0.3 is 0 Å². The van der Waals surface area contributed by atoms with E-state index in [0.717, 1.165) is 18.1 Å². The van der Waals surface area contributed by atoms with Gasteiger partial charge in [-0.05, 0) is 42.5 Å². The minimum Gasteiger partial charge on any atom is -0.497 e. The quantitative estimate of drug-likeness (QED) is 0.512. The summed E-state index contributed by atoms with van der Waals surface area (Å²) in [6, 6.07) is 6.23. The minimum absolute atomic E-state index is 0.147. The van der Waals surface area contributed by atoms with E-state index in [4.69, 9.17) is 16.3 Å². The monoisotopic (exact) mass is 280 g/mol. The Kier molecular flexibility index (Phi) is 5.57. The number of rotatable bonds is 4. The summed E-state index contributed by atoms with van der Waals surface area (Å²) in [6.45, 7) is 2.13. The maximum Gasteiger partial charge on any atom is 0.119 e. The normalized spacial score (nSPS) is 18.9. The molecule has 1 nitrogen and oxygen atoms in total. The van der Waals surface area contributed by atoms with E-state index >= 15 is 0 Å². The molecule has 19 heavy (non-hydrogen) atoms. The highest BCUT2D eigenvalue weighted by molar-refractivity contribution is 6.20. The van der Waals surface area contributed by atoms with E-state index in [0.29, 0.717) is 0 Å². The van der Waals surface area contributed by atoms with Crippen LogP contribution in [0.1, 0.15) is 61.4 Å². The lowest BCUT2D eigenvalue weighted by molar-refractivity contribution is 0.412. The van der Waals surface area contributed by atoms with Crippen molar-refractivity contribution in [3.8, 4) is 5.75 Å². The van der Waals surface area contributed by atoms with E-state index in [1.807, 2.05) is 6.07 Å². The fourth-order valence-electron chi connectivity index (χ4n) is 3.15. The Labute approximate surface area is 122 Å². The molecule has 2 heteroatoms. The summed E-state index contributed by atoms with van der Waals surface area (Å²) in [5.41, 5.74) is 2.51. The second-order valence-electron chi connectivity index (χ2n) is 5.78. The highest BCUT2D eigenvalue weighted by Crippen LogP contribution is 2.36. The van der Waals surface area contributed by atoms with Gasteiger partial charge in [-0.2, -0.15) is 0 Å². The molecule has 1 unspecified atom stereocenters. The average molecular weight is 281 g/mol. The molecule has 0 spiro atoms. The van der Waals surface area contributed by atoms with Gasteiger partial charge in [0.2, 0.25) is 0 Å². The van der Waals surface area contributed by atoms with Crippen LogP contribution >= 0.6 is 11.6 Å². The number of benzene rings is 1. The Morgan fingerprint density at radius 3 is 2.47 bits per heavy atom. The van der Waals surface area contributed by atoms with Crippen molar-refractivity contribution >= 4 is 11.6 Å². The fraction of sp³-hybridized carbons (Fsp3) is 0.647. The summed E-state index contributed by atoms with van der Waals surface area (Å²) in [7, 11) is 1.71. The van der Waals surface area contributed by atoms with Crippen LogP contribution in [0, 0.1) is 12.8 Å². The van der Waals surface area contributed by atoms with Crippen LogP contribution in [0.5, 0.6) is 5.75 Å². The third-order valence-corrected chi connectivity index (χ3v) is 4.74. The van der Waals surface area contributed by atoms with Crippen molar-refractivity contribution in [2.24, 2.45) is 5.92 Å². The first-order chi connectivity index (χ1) is 9.20. The Morgan fingerprint density at radius 2 is 1.89 bits per heavy atom. The van der Waals surface area contributed by atoms with E-state index in [2.05, 4.69) is 19.1 Å². The van der Waals surface area contributed by atoms with Gasteiger partial charge in [0.1, 0.15) is 5.75 Å². The second-order valence-corrected chi connectivity index (χ2v) is 6.31. The van der Waals surface area contributed by atoms with Crippen molar-refractivity contribution < 1.29 is 4.74 Å². The fourth-order valence-corrected chi connectivity index (χ4v) is 3.64. The van der Waals surface area contributed by atoms with Gasteiger partial charge in [0.25, 0.3) is 0 Å². The molecule has 106 valence electrons. The van der Waals surface area contributed by atoms with Gasteiger partial charge in [0, 0.05) is 0 Å². The van der Waals surface area contributed by atoms with E-state index in [1.54, 1.807) is 7.11 Å². The smallest absolute Gasteiger partial charge is 0.119 e. The van der Waals surface area contributed by atoms with E-state index in [9.17, 15) is 0 Å². The summed E-state index contributed by atoms with van der Waals surface area (Å²) in [5, 5.41) is 0.147. The lowest BCUT2D eigenvalue weighted by Gasteiger charge is -2.20. The third kappa shape index (κ3) is 4.14. The zero-order valence-electron chi connectivity index (χ0n) is 12.1. The molecule has 0 N–H and O–H groups in total. The van der Waals surface area contributed by atoms with Crippen molar-refractivity contribution in [1.29, 1.82) is 0 Å². The average Bonchev–Trinajstić information content (AvgIpc) is 2.67. The highest BCUT2D eigenvalue weighted by atomic mass is 35.5. The van der Waals surface area contributed by atoms with Gasteiger partial charge in [-0.25, -0.2) is 0 Å². The Hall–Kier alpha value is -0.690. The zero-order valence-corrected chi connectivity index (χ0v) is 12.9. The molecule has 1 aliphatic carbocycles. The van der Waals surface area contributed by atoms with Crippen LogP contribution in [0.4, 0.5) is 0 Å².